The minimum atomic E-state index is -0.298. The molecule has 1 unspecified atom stereocenters. The van der Waals surface area contributed by atoms with E-state index in [1.165, 1.54) is 9.91 Å². The summed E-state index contributed by atoms with van der Waals surface area (Å²) in [5, 5.41) is 9.89. The van der Waals surface area contributed by atoms with Crippen LogP contribution < -0.4 is 0 Å². The zero-order valence-corrected chi connectivity index (χ0v) is 24.7. The predicted octanol–water partition coefficient (Wildman–Crippen LogP) is 5.53. The van der Waals surface area contributed by atoms with Crippen LogP contribution in [0.25, 0.3) is 43.1 Å². The molecule has 0 saturated carbocycles. The number of amides is 4. The molecule has 0 aromatic heterocycles. The summed E-state index contributed by atoms with van der Waals surface area (Å²) in [4.78, 5) is 59.0. The molecule has 43 heavy (non-hydrogen) atoms. The fourth-order valence-electron chi connectivity index (χ4n) is 7.71. The summed E-state index contributed by atoms with van der Waals surface area (Å²) in [5.41, 5.74) is 2.10. The molecule has 216 valence electrons. The zero-order chi connectivity index (χ0) is 29.9. The number of hydrogen-bond acceptors (Lipinski definition) is 6. The van der Waals surface area contributed by atoms with Crippen molar-refractivity contribution in [3.05, 3.63) is 70.8 Å². The molecule has 3 heterocycles. The molecule has 8 rings (SSSR count). The van der Waals surface area contributed by atoms with Gasteiger partial charge in [-0.05, 0) is 82.9 Å². The van der Waals surface area contributed by atoms with Crippen molar-refractivity contribution in [2.24, 2.45) is 5.92 Å². The van der Waals surface area contributed by atoms with E-state index in [4.69, 9.17) is 0 Å². The van der Waals surface area contributed by atoms with Gasteiger partial charge in [-0.1, -0.05) is 38.1 Å². The van der Waals surface area contributed by atoms with Crippen LogP contribution in [0, 0.1) is 5.92 Å². The van der Waals surface area contributed by atoms with Gasteiger partial charge in [0.1, 0.15) is 0 Å². The van der Waals surface area contributed by atoms with Gasteiger partial charge in [0.25, 0.3) is 23.6 Å². The second kappa shape index (κ2) is 9.05. The van der Waals surface area contributed by atoms with Crippen molar-refractivity contribution in [3.8, 4) is 0 Å². The van der Waals surface area contributed by atoms with Crippen LogP contribution in [-0.4, -0.2) is 82.7 Å². The van der Waals surface area contributed by atoms with Gasteiger partial charge in [0, 0.05) is 54.1 Å². The van der Waals surface area contributed by atoms with Gasteiger partial charge in [-0.25, -0.2) is 10.0 Å². The zero-order valence-electron chi connectivity index (χ0n) is 24.7. The number of piperazine rings is 1. The SMILES string of the molecule is CC(C)CC(C)N1C(=O)c2ccc3c4ccc5c6c(ccc(c7ccc(c2c37)C1=O)c64)C(=O)N(N1CCN(C)CC1)C5=O. The van der Waals surface area contributed by atoms with Crippen molar-refractivity contribution in [2.45, 2.75) is 33.2 Å². The maximum atomic E-state index is 13.9. The highest BCUT2D eigenvalue weighted by Crippen LogP contribution is 2.46. The van der Waals surface area contributed by atoms with Gasteiger partial charge in [-0.2, -0.15) is 0 Å². The summed E-state index contributed by atoms with van der Waals surface area (Å²) in [6, 6.07) is 14.9. The Labute approximate surface area is 248 Å². The van der Waals surface area contributed by atoms with E-state index in [9.17, 15) is 19.2 Å². The summed E-state index contributed by atoms with van der Waals surface area (Å²) in [6.07, 6.45) is 0.732. The lowest BCUT2D eigenvalue weighted by atomic mass is 9.82. The van der Waals surface area contributed by atoms with Gasteiger partial charge in [0.05, 0.1) is 11.1 Å². The number of rotatable bonds is 4. The van der Waals surface area contributed by atoms with Crippen LogP contribution in [0.5, 0.6) is 0 Å². The number of carbonyl (C=O) groups is 4. The Morgan fingerprint density at radius 2 is 0.953 bits per heavy atom. The van der Waals surface area contributed by atoms with E-state index in [-0.39, 0.29) is 29.7 Å². The Hall–Kier alpha value is -4.40. The Balaban J connectivity index is 1.36. The monoisotopic (exact) mass is 572 g/mol. The molecule has 5 aromatic carbocycles. The average Bonchev–Trinajstić information content (AvgIpc) is 2.98. The number of fused-ring (bicyclic) bond motifs is 2. The Bertz CT molecular complexity index is 1950. The minimum Gasteiger partial charge on any atom is -0.304 e. The number of benzene rings is 5. The first kappa shape index (κ1) is 26.2. The van der Waals surface area contributed by atoms with Crippen LogP contribution in [0.15, 0.2) is 48.5 Å². The van der Waals surface area contributed by atoms with Crippen LogP contribution in [-0.2, 0) is 0 Å². The Morgan fingerprint density at radius 3 is 1.35 bits per heavy atom. The van der Waals surface area contributed by atoms with Crippen molar-refractivity contribution in [1.82, 2.24) is 19.8 Å². The summed E-state index contributed by atoms with van der Waals surface area (Å²) < 4.78 is 0. The number of carbonyl (C=O) groups excluding carboxylic acids is 4. The molecule has 0 aliphatic carbocycles. The fourth-order valence-corrected chi connectivity index (χ4v) is 7.71. The molecule has 1 saturated heterocycles. The molecule has 1 fully saturated rings. The average molecular weight is 573 g/mol. The van der Waals surface area contributed by atoms with Crippen molar-refractivity contribution in [2.75, 3.05) is 33.2 Å². The Kier molecular flexibility index (Phi) is 5.52. The topological polar surface area (TPSA) is 81.2 Å². The van der Waals surface area contributed by atoms with Crippen LogP contribution >= 0.6 is 0 Å². The first-order valence-electron chi connectivity index (χ1n) is 15.1. The summed E-state index contributed by atoms with van der Waals surface area (Å²) >= 11 is 0. The van der Waals surface area contributed by atoms with E-state index in [0.29, 0.717) is 52.0 Å². The summed E-state index contributed by atoms with van der Waals surface area (Å²) in [7, 11) is 2.04. The molecular formula is C35H32N4O4. The largest absolute Gasteiger partial charge is 0.304 e. The number of hydrogen-bond donors (Lipinski definition) is 0. The van der Waals surface area contributed by atoms with E-state index in [1.54, 1.807) is 0 Å². The van der Waals surface area contributed by atoms with Crippen LogP contribution in [0.4, 0.5) is 0 Å². The molecular weight excluding hydrogens is 540 g/mol. The van der Waals surface area contributed by atoms with E-state index in [2.05, 4.69) is 18.7 Å². The third-order valence-electron chi connectivity index (χ3n) is 9.66. The summed E-state index contributed by atoms with van der Waals surface area (Å²) in [6.45, 7) is 8.89. The van der Waals surface area contributed by atoms with Crippen molar-refractivity contribution >= 4 is 66.7 Å². The molecule has 5 aromatic rings. The van der Waals surface area contributed by atoms with Crippen LogP contribution in [0.3, 0.4) is 0 Å². The van der Waals surface area contributed by atoms with E-state index in [0.717, 1.165) is 51.8 Å². The molecule has 8 nitrogen and oxygen atoms in total. The first-order chi connectivity index (χ1) is 20.7. The number of nitrogens with zero attached hydrogens (tertiary/aromatic N) is 4. The molecule has 3 aliphatic rings. The number of likely N-dealkylation sites (N-methyl/N-ethyl adjacent to an activating group) is 1. The minimum absolute atomic E-state index is 0.215. The van der Waals surface area contributed by atoms with Gasteiger partial charge < -0.3 is 4.90 Å². The van der Waals surface area contributed by atoms with Gasteiger partial charge >= 0.3 is 0 Å². The van der Waals surface area contributed by atoms with Gasteiger partial charge in [0.15, 0.2) is 0 Å². The molecule has 4 amide bonds. The highest BCUT2D eigenvalue weighted by atomic mass is 16.2. The van der Waals surface area contributed by atoms with Crippen molar-refractivity contribution in [3.63, 3.8) is 0 Å². The highest BCUT2D eigenvalue weighted by molar-refractivity contribution is 6.41. The molecule has 0 radical (unpaired) electrons. The standard InChI is InChI=1S/C35H32N4O4/c1-18(2)17-19(3)38-32(40)24-9-5-20-22-7-11-26-31-27(35(43)39(34(26)42)37-15-13-36(4)14-16-37)12-8-23(29(22)31)21-6-10-25(33(38)41)30(24)28(20)21/h5-12,18-19H,13-17H2,1-4H3. The van der Waals surface area contributed by atoms with E-state index >= 15 is 0 Å². The van der Waals surface area contributed by atoms with E-state index in [1.807, 2.05) is 67.5 Å². The lowest BCUT2D eigenvalue weighted by molar-refractivity contribution is -0.0218. The third-order valence-corrected chi connectivity index (χ3v) is 9.66. The lowest BCUT2D eigenvalue weighted by Crippen LogP contribution is -2.57. The Morgan fingerprint density at radius 1 is 0.558 bits per heavy atom. The number of hydrazine groups is 1. The molecule has 3 aliphatic heterocycles. The molecule has 0 spiro atoms. The normalized spacial score (nSPS) is 18.9. The maximum Gasteiger partial charge on any atom is 0.276 e. The van der Waals surface area contributed by atoms with Crippen LogP contribution in [0.2, 0.25) is 0 Å². The van der Waals surface area contributed by atoms with Gasteiger partial charge in [-0.3, -0.25) is 24.1 Å². The predicted molar refractivity (Wildman–Crippen MR) is 167 cm³/mol. The smallest absolute Gasteiger partial charge is 0.276 e. The fraction of sp³-hybridized carbons (Fsp3) is 0.314. The lowest BCUT2D eigenvalue weighted by Gasteiger charge is -2.40. The number of imide groups is 2. The third kappa shape index (κ3) is 3.45. The van der Waals surface area contributed by atoms with Gasteiger partial charge in [-0.15, -0.1) is 0 Å². The quantitative estimate of drug-likeness (QED) is 0.160. The highest BCUT2D eigenvalue weighted by Gasteiger charge is 2.40. The second-order valence-electron chi connectivity index (χ2n) is 12.8. The van der Waals surface area contributed by atoms with Crippen molar-refractivity contribution < 1.29 is 19.2 Å². The van der Waals surface area contributed by atoms with Crippen LogP contribution in [0.1, 0.15) is 68.6 Å². The van der Waals surface area contributed by atoms with Crippen molar-refractivity contribution in [1.29, 1.82) is 0 Å². The maximum absolute atomic E-state index is 13.9. The van der Waals surface area contributed by atoms with E-state index < -0.39 is 0 Å². The molecule has 8 heteroatoms. The first-order valence-corrected chi connectivity index (χ1v) is 15.1. The molecule has 0 N–H and O–H groups in total. The molecule has 0 bridgehead atoms. The molecule has 1 atom stereocenters. The second-order valence-corrected chi connectivity index (χ2v) is 12.8. The summed E-state index contributed by atoms with van der Waals surface area (Å²) in [5.74, 6) is -0.767. The van der Waals surface area contributed by atoms with Gasteiger partial charge in [0.2, 0.25) is 0 Å².